The molecule has 1 fully saturated rings. The van der Waals surface area contributed by atoms with E-state index in [0.717, 1.165) is 12.8 Å². The van der Waals surface area contributed by atoms with Crippen molar-refractivity contribution in [2.75, 3.05) is 6.54 Å². The lowest BCUT2D eigenvalue weighted by Gasteiger charge is -2.21. The molecular weight excluding hydrogens is 300 g/mol. The smallest absolute Gasteiger partial charge is 0.273 e. The molecule has 0 radical (unpaired) electrons. The van der Waals surface area contributed by atoms with E-state index >= 15 is 0 Å². The first kappa shape index (κ1) is 15.0. The van der Waals surface area contributed by atoms with Crippen LogP contribution in [0.2, 0.25) is 0 Å². The predicted octanol–water partition coefficient (Wildman–Crippen LogP) is 2.33. The highest BCUT2D eigenvalue weighted by atomic mass is 32.1. The van der Waals surface area contributed by atoms with Gasteiger partial charge in [0, 0.05) is 12.7 Å². The molecule has 0 spiro atoms. The van der Waals surface area contributed by atoms with Gasteiger partial charge < -0.3 is 10.4 Å². The molecule has 1 aliphatic rings. The van der Waals surface area contributed by atoms with E-state index in [1.807, 2.05) is 0 Å². The van der Waals surface area contributed by atoms with Crippen LogP contribution in [0.5, 0.6) is 5.75 Å². The number of pyridine rings is 1. The maximum absolute atomic E-state index is 12.3. The minimum atomic E-state index is -0.390. The molecule has 0 aliphatic heterocycles. The van der Waals surface area contributed by atoms with Crippen LogP contribution >= 0.6 is 12.6 Å². The molecule has 116 valence electrons. The molecule has 0 saturated heterocycles. The van der Waals surface area contributed by atoms with E-state index in [1.165, 1.54) is 31.8 Å². The monoisotopic (exact) mass is 318 g/mol. The summed E-state index contributed by atoms with van der Waals surface area (Å²) in [6, 6.07) is 0. The van der Waals surface area contributed by atoms with Crippen molar-refractivity contribution in [2.45, 2.75) is 37.1 Å². The lowest BCUT2D eigenvalue weighted by atomic mass is 9.89. The average Bonchev–Trinajstić information content (AvgIpc) is 2.57. The van der Waals surface area contributed by atoms with Crippen LogP contribution in [0, 0.1) is 5.92 Å². The highest BCUT2D eigenvalue weighted by Crippen LogP contribution is 2.29. The van der Waals surface area contributed by atoms with E-state index in [2.05, 4.69) is 32.9 Å². The summed E-state index contributed by atoms with van der Waals surface area (Å²) in [5.74, 6) is -0.103. The minimum absolute atomic E-state index is 0.0352. The Morgan fingerprint density at radius 2 is 2.14 bits per heavy atom. The van der Waals surface area contributed by atoms with Gasteiger partial charge in [0.05, 0.1) is 5.39 Å². The Hall–Kier alpha value is -1.89. The quantitative estimate of drug-likeness (QED) is 0.756. The third-order valence-electron chi connectivity index (χ3n) is 4.11. The fourth-order valence-electron chi connectivity index (χ4n) is 2.88. The molecule has 0 aromatic carbocycles. The molecule has 1 aliphatic carbocycles. The fraction of sp³-hybridized carbons (Fsp3) is 0.467. The zero-order chi connectivity index (χ0) is 15.5. The number of aromatic nitrogens is 3. The van der Waals surface area contributed by atoms with E-state index in [4.69, 9.17) is 0 Å². The van der Waals surface area contributed by atoms with Gasteiger partial charge in [0.15, 0.2) is 11.4 Å². The average molecular weight is 318 g/mol. The first-order valence-electron chi connectivity index (χ1n) is 7.46. The van der Waals surface area contributed by atoms with Crippen LogP contribution in [0.15, 0.2) is 17.6 Å². The third-order valence-corrected chi connectivity index (χ3v) is 4.45. The molecule has 0 bridgehead atoms. The van der Waals surface area contributed by atoms with E-state index in [9.17, 15) is 9.90 Å². The van der Waals surface area contributed by atoms with Crippen molar-refractivity contribution >= 4 is 29.4 Å². The number of hydrogen-bond donors (Lipinski definition) is 3. The zero-order valence-corrected chi connectivity index (χ0v) is 13.0. The standard InChI is InChI=1S/C15H18N4O2S/c20-13-11-10(7-16-8-18-11)15(22)19-12(13)14(21)17-6-9-4-2-1-3-5-9/h7-9,20H,1-6H2,(H,17,21)(H,19,22). The Morgan fingerprint density at radius 1 is 1.36 bits per heavy atom. The second kappa shape index (κ2) is 6.48. The molecule has 2 N–H and O–H groups in total. The number of thiol groups is 1. The SMILES string of the molecule is O=C(NCC1CCCCC1)c1nc(S)c2cncnc2c1O. The van der Waals surface area contributed by atoms with Gasteiger partial charge in [0.1, 0.15) is 16.9 Å². The molecule has 2 aromatic heterocycles. The highest BCUT2D eigenvalue weighted by Gasteiger charge is 2.20. The molecule has 22 heavy (non-hydrogen) atoms. The molecule has 1 saturated carbocycles. The molecule has 0 atom stereocenters. The second-order valence-corrected chi connectivity index (χ2v) is 6.06. The van der Waals surface area contributed by atoms with Crippen molar-refractivity contribution in [1.29, 1.82) is 0 Å². The normalized spacial score (nSPS) is 15.9. The van der Waals surface area contributed by atoms with Crippen molar-refractivity contribution in [3.05, 3.63) is 18.2 Å². The van der Waals surface area contributed by atoms with Crippen LogP contribution in [0.3, 0.4) is 0 Å². The number of rotatable bonds is 3. The second-order valence-electron chi connectivity index (χ2n) is 5.63. The van der Waals surface area contributed by atoms with Crippen molar-refractivity contribution in [3.63, 3.8) is 0 Å². The molecule has 2 aromatic rings. The van der Waals surface area contributed by atoms with Gasteiger partial charge in [-0.05, 0) is 18.8 Å². The van der Waals surface area contributed by atoms with Crippen molar-refractivity contribution < 1.29 is 9.90 Å². The zero-order valence-electron chi connectivity index (χ0n) is 12.1. The van der Waals surface area contributed by atoms with Gasteiger partial charge in [-0.25, -0.2) is 15.0 Å². The van der Waals surface area contributed by atoms with Crippen molar-refractivity contribution in [2.24, 2.45) is 5.92 Å². The van der Waals surface area contributed by atoms with Crippen LogP contribution in [0.25, 0.3) is 10.9 Å². The molecular formula is C15H18N4O2S. The summed E-state index contributed by atoms with van der Waals surface area (Å²) in [4.78, 5) is 24.3. The first-order chi connectivity index (χ1) is 10.7. The Labute approximate surface area is 133 Å². The molecule has 6 nitrogen and oxygen atoms in total. The summed E-state index contributed by atoms with van der Waals surface area (Å²) in [5.41, 5.74) is 0.254. The minimum Gasteiger partial charge on any atom is -0.504 e. The molecule has 7 heteroatoms. The van der Waals surface area contributed by atoms with Gasteiger partial charge in [0.25, 0.3) is 5.91 Å². The maximum Gasteiger partial charge on any atom is 0.273 e. The Kier molecular flexibility index (Phi) is 4.42. The van der Waals surface area contributed by atoms with E-state index < -0.39 is 0 Å². The van der Waals surface area contributed by atoms with Crippen LogP contribution in [0.4, 0.5) is 0 Å². The van der Waals surface area contributed by atoms with Crippen LogP contribution in [-0.2, 0) is 0 Å². The number of carbonyl (C=O) groups excluding carboxylic acids is 1. The Bertz CT molecular complexity index is 701. The topological polar surface area (TPSA) is 88.0 Å². The fourth-order valence-corrected chi connectivity index (χ4v) is 3.15. The van der Waals surface area contributed by atoms with Crippen LogP contribution < -0.4 is 5.32 Å². The number of fused-ring (bicyclic) bond motifs is 1. The largest absolute Gasteiger partial charge is 0.504 e. The molecule has 1 amide bonds. The number of hydrogen-bond acceptors (Lipinski definition) is 6. The maximum atomic E-state index is 12.3. The number of aromatic hydroxyl groups is 1. The number of nitrogens with zero attached hydrogens (tertiary/aromatic N) is 3. The first-order valence-corrected chi connectivity index (χ1v) is 7.91. The Morgan fingerprint density at radius 3 is 2.91 bits per heavy atom. The summed E-state index contributed by atoms with van der Waals surface area (Å²) in [6.07, 6.45) is 8.83. The van der Waals surface area contributed by atoms with Crippen molar-refractivity contribution in [1.82, 2.24) is 20.3 Å². The van der Waals surface area contributed by atoms with Gasteiger partial charge in [-0.15, -0.1) is 12.6 Å². The Balaban J connectivity index is 1.80. The predicted molar refractivity (Wildman–Crippen MR) is 85.2 cm³/mol. The van der Waals surface area contributed by atoms with E-state index in [1.54, 1.807) is 0 Å². The highest BCUT2D eigenvalue weighted by molar-refractivity contribution is 7.80. The number of amides is 1. The van der Waals surface area contributed by atoms with Gasteiger partial charge in [-0.1, -0.05) is 19.3 Å². The van der Waals surface area contributed by atoms with Gasteiger partial charge in [-0.2, -0.15) is 0 Å². The summed E-state index contributed by atoms with van der Waals surface area (Å²) >= 11 is 4.25. The molecule has 3 rings (SSSR count). The third kappa shape index (κ3) is 2.99. The number of nitrogens with one attached hydrogen (secondary N) is 1. The summed E-state index contributed by atoms with van der Waals surface area (Å²) in [5, 5.41) is 13.9. The van der Waals surface area contributed by atoms with E-state index in [-0.39, 0.29) is 22.9 Å². The van der Waals surface area contributed by atoms with Crippen molar-refractivity contribution in [3.8, 4) is 5.75 Å². The van der Waals surface area contributed by atoms with Gasteiger partial charge in [-0.3, -0.25) is 4.79 Å². The van der Waals surface area contributed by atoms with Crippen LogP contribution in [-0.4, -0.2) is 32.5 Å². The number of carbonyl (C=O) groups is 1. The summed E-state index contributed by atoms with van der Waals surface area (Å²) < 4.78 is 0. The lowest BCUT2D eigenvalue weighted by Crippen LogP contribution is -2.31. The molecule has 0 unspecified atom stereocenters. The summed E-state index contributed by atoms with van der Waals surface area (Å²) in [6.45, 7) is 0.615. The lowest BCUT2D eigenvalue weighted by molar-refractivity contribution is 0.0935. The van der Waals surface area contributed by atoms with Gasteiger partial charge >= 0.3 is 0 Å². The van der Waals surface area contributed by atoms with Gasteiger partial charge in [0.2, 0.25) is 0 Å². The van der Waals surface area contributed by atoms with Crippen LogP contribution in [0.1, 0.15) is 42.6 Å². The molecule has 2 heterocycles. The van der Waals surface area contributed by atoms with E-state index in [0.29, 0.717) is 22.9 Å². The summed E-state index contributed by atoms with van der Waals surface area (Å²) in [7, 11) is 0.